The number of carbonyl (C=O) groups excluding carboxylic acids is 1. The zero-order valence-corrected chi connectivity index (χ0v) is 13.6. The van der Waals surface area contributed by atoms with E-state index in [9.17, 15) is 4.79 Å². The molecule has 3 rings (SSSR count). The summed E-state index contributed by atoms with van der Waals surface area (Å²) in [5.41, 5.74) is 1.17. The Morgan fingerprint density at radius 3 is 3.00 bits per heavy atom. The maximum atomic E-state index is 12.5. The number of hydrogen-bond acceptors (Lipinski definition) is 3. The largest absolute Gasteiger partial charge is 0.340 e. The van der Waals surface area contributed by atoms with Gasteiger partial charge in [-0.05, 0) is 37.0 Å². The van der Waals surface area contributed by atoms with E-state index in [-0.39, 0.29) is 11.8 Å². The maximum Gasteiger partial charge on any atom is 0.226 e. The Labute approximate surface area is 133 Å². The maximum absolute atomic E-state index is 12.5. The molecule has 1 aromatic carbocycles. The SMILES string of the molecule is Cc1ncc(CN(C)C(=O)[C@H]2C[C@@H]2c2cccc(Cl)c2)s1. The van der Waals surface area contributed by atoms with Crippen LogP contribution in [-0.4, -0.2) is 22.8 Å². The van der Waals surface area contributed by atoms with Gasteiger partial charge in [-0.25, -0.2) is 4.98 Å². The van der Waals surface area contributed by atoms with E-state index in [1.165, 1.54) is 5.56 Å². The molecule has 1 amide bonds. The molecule has 110 valence electrons. The zero-order valence-electron chi connectivity index (χ0n) is 12.0. The van der Waals surface area contributed by atoms with Crippen LogP contribution < -0.4 is 0 Å². The Morgan fingerprint density at radius 1 is 1.52 bits per heavy atom. The van der Waals surface area contributed by atoms with Crippen molar-refractivity contribution >= 4 is 28.8 Å². The summed E-state index contributed by atoms with van der Waals surface area (Å²) in [6.07, 6.45) is 2.77. The summed E-state index contributed by atoms with van der Waals surface area (Å²) in [6.45, 7) is 2.62. The predicted octanol–water partition coefficient (Wildman–Crippen LogP) is 3.87. The van der Waals surface area contributed by atoms with Gasteiger partial charge in [0, 0.05) is 29.1 Å². The van der Waals surface area contributed by atoms with Crippen LogP contribution in [-0.2, 0) is 11.3 Å². The summed E-state index contributed by atoms with van der Waals surface area (Å²) >= 11 is 7.66. The van der Waals surface area contributed by atoms with Gasteiger partial charge >= 0.3 is 0 Å². The number of thiazole rings is 1. The molecule has 1 aromatic heterocycles. The minimum absolute atomic E-state index is 0.0995. The average molecular weight is 321 g/mol. The number of benzene rings is 1. The van der Waals surface area contributed by atoms with Crippen molar-refractivity contribution in [2.45, 2.75) is 25.8 Å². The Bertz CT molecular complexity index is 670. The van der Waals surface area contributed by atoms with Gasteiger partial charge in [-0.15, -0.1) is 11.3 Å². The Hall–Kier alpha value is -1.39. The standard InChI is InChI=1S/C16H17ClN2OS/c1-10-18-8-13(21-10)9-19(2)16(20)15-7-14(15)11-4-3-5-12(17)6-11/h3-6,8,14-15H,7,9H2,1-2H3/t14-,15+/m1/s1. The van der Waals surface area contributed by atoms with Crippen molar-refractivity contribution in [3.05, 3.63) is 50.9 Å². The highest BCUT2D eigenvalue weighted by Crippen LogP contribution is 2.48. The summed E-state index contributed by atoms with van der Waals surface area (Å²) in [7, 11) is 1.87. The molecule has 0 N–H and O–H groups in total. The second-order valence-electron chi connectivity index (χ2n) is 5.54. The number of rotatable bonds is 4. The van der Waals surface area contributed by atoms with Crippen molar-refractivity contribution in [1.82, 2.24) is 9.88 Å². The first-order chi connectivity index (χ1) is 10.0. The van der Waals surface area contributed by atoms with E-state index in [0.717, 1.165) is 21.3 Å². The van der Waals surface area contributed by atoms with E-state index in [2.05, 4.69) is 11.1 Å². The van der Waals surface area contributed by atoms with E-state index < -0.39 is 0 Å². The summed E-state index contributed by atoms with van der Waals surface area (Å²) < 4.78 is 0. The number of halogens is 1. The van der Waals surface area contributed by atoms with Gasteiger partial charge in [0.1, 0.15) is 0 Å². The fourth-order valence-electron chi connectivity index (χ4n) is 2.65. The van der Waals surface area contributed by atoms with Crippen molar-refractivity contribution in [1.29, 1.82) is 0 Å². The van der Waals surface area contributed by atoms with Crippen molar-refractivity contribution in [3.63, 3.8) is 0 Å². The monoisotopic (exact) mass is 320 g/mol. The van der Waals surface area contributed by atoms with Gasteiger partial charge in [0.2, 0.25) is 5.91 Å². The van der Waals surface area contributed by atoms with Crippen LogP contribution in [0.3, 0.4) is 0 Å². The normalized spacial score (nSPS) is 20.3. The minimum Gasteiger partial charge on any atom is -0.340 e. The molecular weight excluding hydrogens is 304 g/mol. The zero-order chi connectivity index (χ0) is 15.0. The summed E-state index contributed by atoms with van der Waals surface area (Å²) in [5.74, 6) is 0.635. The first-order valence-corrected chi connectivity index (χ1v) is 8.16. The molecule has 2 atom stereocenters. The summed E-state index contributed by atoms with van der Waals surface area (Å²) in [5, 5.41) is 1.77. The molecule has 1 saturated carbocycles. The van der Waals surface area contributed by atoms with Crippen molar-refractivity contribution in [2.75, 3.05) is 7.05 Å². The number of hydrogen-bond donors (Lipinski definition) is 0. The second kappa shape index (κ2) is 5.78. The van der Waals surface area contributed by atoms with Crippen LogP contribution in [0.1, 0.15) is 27.8 Å². The lowest BCUT2D eigenvalue weighted by Gasteiger charge is -2.16. The van der Waals surface area contributed by atoms with Gasteiger partial charge in [0.25, 0.3) is 0 Å². The van der Waals surface area contributed by atoms with Gasteiger partial charge in [-0.1, -0.05) is 23.7 Å². The minimum atomic E-state index is 0.0995. The van der Waals surface area contributed by atoms with Crippen LogP contribution in [0.2, 0.25) is 5.02 Å². The number of aryl methyl sites for hydroxylation is 1. The average Bonchev–Trinajstić information content (AvgIpc) is 3.15. The highest BCUT2D eigenvalue weighted by Gasteiger charge is 2.45. The fraction of sp³-hybridized carbons (Fsp3) is 0.375. The number of amides is 1. The lowest BCUT2D eigenvalue weighted by molar-refractivity contribution is -0.131. The first-order valence-electron chi connectivity index (χ1n) is 6.96. The molecule has 21 heavy (non-hydrogen) atoms. The van der Waals surface area contributed by atoms with E-state index in [1.807, 2.05) is 43.3 Å². The van der Waals surface area contributed by atoms with E-state index >= 15 is 0 Å². The topological polar surface area (TPSA) is 33.2 Å². The van der Waals surface area contributed by atoms with Crippen LogP contribution in [0.25, 0.3) is 0 Å². The van der Waals surface area contributed by atoms with Crippen LogP contribution in [0.5, 0.6) is 0 Å². The first kappa shape index (κ1) is 14.5. The molecule has 0 unspecified atom stereocenters. The number of nitrogens with zero attached hydrogens (tertiary/aromatic N) is 2. The molecule has 0 bridgehead atoms. The Morgan fingerprint density at radius 2 is 2.33 bits per heavy atom. The van der Waals surface area contributed by atoms with Gasteiger partial charge in [-0.2, -0.15) is 0 Å². The number of carbonyl (C=O) groups is 1. The smallest absolute Gasteiger partial charge is 0.226 e. The molecule has 0 radical (unpaired) electrons. The highest BCUT2D eigenvalue weighted by atomic mass is 35.5. The lowest BCUT2D eigenvalue weighted by Crippen LogP contribution is -2.27. The van der Waals surface area contributed by atoms with Crippen molar-refractivity contribution in [2.24, 2.45) is 5.92 Å². The third kappa shape index (κ3) is 3.27. The third-order valence-corrected chi connectivity index (χ3v) is 4.96. The van der Waals surface area contributed by atoms with Gasteiger partial charge in [0.15, 0.2) is 0 Å². The van der Waals surface area contributed by atoms with E-state index in [0.29, 0.717) is 12.5 Å². The van der Waals surface area contributed by atoms with E-state index in [1.54, 1.807) is 11.3 Å². The van der Waals surface area contributed by atoms with Crippen LogP contribution in [0, 0.1) is 12.8 Å². The van der Waals surface area contributed by atoms with E-state index in [4.69, 9.17) is 11.6 Å². The van der Waals surface area contributed by atoms with Crippen LogP contribution >= 0.6 is 22.9 Å². The quantitative estimate of drug-likeness (QED) is 0.857. The summed E-state index contributed by atoms with van der Waals surface area (Å²) in [6, 6.07) is 7.83. The fourth-order valence-corrected chi connectivity index (χ4v) is 3.69. The Kier molecular flexibility index (Phi) is 4.00. The second-order valence-corrected chi connectivity index (χ2v) is 7.30. The lowest BCUT2D eigenvalue weighted by atomic mass is 10.1. The van der Waals surface area contributed by atoms with Gasteiger partial charge in [0.05, 0.1) is 11.6 Å². The molecule has 5 heteroatoms. The Balaban J connectivity index is 1.62. The molecule has 1 heterocycles. The van der Waals surface area contributed by atoms with Gasteiger partial charge in [-0.3, -0.25) is 4.79 Å². The molecular formula is C16H17ClN2OS. The number of aromatic nitrogens is 1. The summed E-state index contributed by atoms with van der Waals surface area (Å²) in [4.78, 5) is 19.6. The molecule has 0 spiro atoms. The molecule has 0 aliphatic heterocycles. The van der Waals surface area contributed by atoms with Crippen molar-refractivity contribution in [3.8, 4) is 0 Å². The van der Waals surface area contributed by atoms with Crippen LogP contribution in [0.15, 0.2) is 30.5 Å². The van der Waals surface area contributed by atoms with Crippen molar-refractivity contribution < 1.29 is 4.79 Å². The molecule has 1 fully saturated rings. The highest BCUT2D eigenvalue weighted by molar-refractivity contribution is 7.11. The molecule has 1 aliphatic rings. The van der Waals surface area contributed by atoms with Crippen LogP contribution in [0.4, 0.5) is 0 Å². The third-order valence-electron chi connectivity index (χ3n) is 3.82. The predicted molar refractivity (Wildman–Crippen MR) is 85.6 cm³/mol. The van der Waals surface area contributed by atoms with Gasteiger partial charge < -0.3 is 4.90 Å². The molecule has 3 nitrogen and oxygen atoms in total. The molecule has 0 saturated heterocycles. The molecule has 2 aromatic rings. The molecule has 1 aliphatic carbocycles.